The van der Waals surface area contributed by atoms with Gasteiger partial charge >= 0.3 is 0 Å². The summed E-state index contributed by atoms with van der Waals surface area (Å²) in [5, 5.41) is 0. The quantitative estimate of drug-likeness (QED) is 0.452. The first-order chi connectivity index (χ1) is 5.66. The molecule has 0 N–H and O–H groups in total. The van der Waals surface area contributed by atoms with E-state index < -0.39 is 0 Å². The predicted molar refractivity (Wildman–Crippen MR) is 51.8 cm³/mol. The van der Waals surface area contributed by atoms with Crippen molar-refractivity contribution >= 4 is 0 Å². The van der Waals surface area contributed by atoms with E-state index in [1.54, 1.807) is 6.26 Å². The van der Waals surface area contributed by atoms with Crippen LogP contribution in [-0.2, 0) is 4.74 Å². The highest BCUT2D eigenvalue weighted by atomic mass is 16.5. The Labute approximate surface area is 75.1 Å². The molecule has 12 heavy (non-hydrogen) atoms. The third kappa shape index (κ3) is 1.71. The van der Waals surface area contributed by atoms with E-state index in [1.165, 1.54) is 12.0 Å². The number of allylic oxidation sites excluding steroid dienone is 1. The maximum absolute atomic E-state index is 5.47. The highest BCUT2D eigenvalue weighted by Crippen LogP contribution is 2.31. The Morgan fingerprint density at radius 3 is 2.83 bits per heavy atom. The van der Waals surface area contributed by atoms with Gasteiger partial charge < -0.3 is 4.74 Å². The van der Waals surface area contributed by atoms with Crippen LogP contribution in [0, 0.1) is 11.8 Å². The molecule has 1 heteroatoms. The van der Waals surface area contributed by atoms with Crippen LogP contribution >= 0.6 is 0 Å². The molecule has 0 saturated carbocycles. The Morgan fingerprint density at radius 2 is 2.25 bits per heavy atom. The first-order valence-corrected chi connectivity index (χ1v) is 4.59. The first kappa shape index (κ1) is 9.37. The summed E-state index contributed by atoms with van der Waals surface area (Å²) < 4.78 is 5.47. The lowest BCUT2D eigenvalue weighted by Crippen LogP contribution is -2.29. The lowest BCUT2D eigenvalue weighted by Gasteiger charge is -2.32. The Morgan fingerprint density at radius 1 is 1.58 bits per heavy atom. The molecule has 0 saturated heterocycles. The molecule has 0 aromatic rings. The summed E-state index contributed by atoms with van der Waals surface area (Å²) in [5.41, 5.74) is 1.35. The molecule has 0 fully saturated rings. The molecule has 0 heterocycles. The number of hydrogen-bond acceptors (Lipinski definition) is 1. The van der Waals surface area contributed by atoms with Gasteiger partial charge in [0.05, 0.1) is 6.26 Å². The summed E-state index contributed by atoms with van der Waals surface area (Å²) in [6.07, 6.45) is 5.27. The van der Waals surface area contributed by atoms with Gasteiger partial charge in [0.1, 0.15) is 6.10 Å². The van der Waals surface area contributed by atoms with Crippen LogP contribution in [0.3, 0.4) is 0 Å². The second-order valence-electron chi connectivity index (χ2n) is 3.74. The summed E-state index contributed by atoms with van der Waals surface area (Å²) in [5.74, 6) is 1.33. The van der Waals surface area contributed by atoms with E-state index in [-0.39, 0.29) is 6.10 Å². The Balaban J connectivity index is 2.72. The summed E-state index contributed by atoms with van der Waals surface area (Å²) >= 11 is 0. The molecule has 0 amide bonds. The first-order valence-electron chi connectivity index (χ1n) is 4.59. The van der Waals surface area contributed by atoms with Gasteiger partial charge in [-0.2, -0.15) is 0 Å². The monoisotopic (exact) mass is 166 g/mol. The smallest absolute Gasteiger partial charge is 0.121 e. The summed E-state index contributed by atoms with van der Waals surface area (Å²) in [7, 11) is 0. The average Bonchev–Trinajstić information content (AvgIpc) is 2.06. The predicted octanol–water partition coefficient (Wildman–Crippen LogP) is 3.14. The fourth-order valence-corrected chi connectivity index (χ4v) is 1.75. The van der Waals surface area contributed by atoms with E-state index in [0.717, 1.165) is 5.92 Å². The van der Waals surface area contributed by atoms with Gasteiger partial charge in [0.2, 0.25) is 0 Å². The van der Waals surface area contributed by atoms with Crippen LogP contribution in [-0.4, -0.2) is 6.10 Å². The highest BCUT2D eigenvalue weighted by molar-refractivity contribution is 5.12. The minimum absolute atomic E-state index is 0.256. The Bertz CT molecular complexity index is 193. The van der Waals surface area contributed by atoms with E-state index in [9.17, 15) is 0 Å². The van der Waals surface area contributed by atoms with Crippen molar-refractivity contribution in [3.05, 3.63) is 24.5 Å². The van der Waals surface area contributed by atoms with Gasteiger partial charge in [0, 0.05) is 0 Å². The van der Waals surface area contributed by atoms with Crippen molar-refractivity contribution in [3.8, 4) is 0 Å². The molecule has 2 unspecified atom stereocenters. The summed E-state index contributed by atoms with van der Waals surface area (Å²) in [4.78, 5) is 0. The van der Waals surface area contributed by atoms with Crippen LogP contribution in [0.5, 0.6) is 0 Å². The largest absolute Gasteiger partial charge is 0.494 e. The topological polar surface area (TPSA) is 9.23 Å². The van der Waals surface area contributed by atoms with Crippen molar-refractivity contribution in [2.45, 2.75) is 33.3 Å². The fourth-order valence-electron chi connectivity index (χ4n) is 1.75. The zero-order chi connectivity index (χ0) is 9.14. The molecule has 0 bridgehead atoms. The minimum atomic E-state index is 0.256. The molecule has 0 aromatic heterocycles. The zero-order valence-corrected chi connectivity index (χ0v) is 8.21. The van der Waals surface area contributed by atoms with Gasteiger partial charge in [-0.25, -0.2) is 0 Å². The average molecular weight is 166 g/mol. The highest BCUT2D eigenvalue weighted by Gasteiger charge is 2.27. The third-order valence-electron chi connectivity index (χ3n) is 2.88. The van der Waals surface area contributed by atoms with E-state index >= 15 is 0 Å². The van der Waals surface area contributed by atoms with Crippen LogP contribution in [0.15, 0.2) is 24.5 Å². The van der Waals surface area contributed by atoms with Gasteiger partial charge in [-0.3, -0.25) is 0 Å². The van der Waals surface area contributed by atoms with Crippen LogP contribution in [0.4, 0.5) is 0 Å². The number of rotatable bonds is 2. The van der Waals surface area contributed by atoms with Crippen molar-refractivity contribution in [2.75, 3.05) is 0 Å². The van der Waals surface area contributed by atoms with Crippen LogP contribution in [0.25, 0.3) is 0 Å². The molecule has 3 atom stereocenters. The fraction of sp³-hybridized carbons (Fsp3) is 0.636. The van der Waals surface area contributed by atoms with E-state index in [0.29, 0.717) is 5.92 Å². The SMILES string of the molecule is C=COC1C(C)=CC[C@@H](C)C1C. The van der Waals surface area contributed by atoms with E-state index in [4.69, 9.17) is 4.74 Å². The van der Waals surface area contributed by atoms with Crippen molar-refractivity contribution < 1.29 is 4.74 Å². The summed E-state index contributed by atoms with van der Waals surface area (Å²) in [6.45, 7) is 10.3. The van der Waals surface area contributed by atoms with Crippen LogP contribution in [0.2, 0.25) is 0 Å². The molecule has 1 aliphatic rings. The molecule has 0 spiro atoms. The van der Waals surface area contributed by atoms with Crippen molar-refractivity contribution in [1.82, 2.24) is 0 Å². The van der Waals surface area contributed by atoms with Crippen molar-refractivity contribution in [2.24, 2.45) is 11.8 Å². The summed E-state index contributed by atoms with van der Waals surface area (Å²) in [6, 6.07) is 0. The molecule has 68 valence electrons. The number of hydrogen-bond donors (Lipinski definition) is 0. The van der Waals surface area contributed by atoms with E-state index in [2.05, 4.69) is 33.4 Å². The molecular formula is C11H18O. The van der Waals surface area contributed by atoms with Crippen molar-refractivity contribution in [1.29, 1.82) is 0 Å². The maximum Gasteiger partial charge on any atom is 0.121 e. The third-order valence-corrected chi connectivity index (χ3v) is 2.88. The maximum atomic E-state index is 5.47. The van der Waals surface area contributed by atoms with Gasteiger partial charge in [-0.05, 0) is 30.8 Å². The van der Waals surface area contributed by atoms with Crippen LogP contribution < -0.4 is 0 Å². The van der Waals surface area contributed by atoms with Gasteiger partial charge in [-0.1, -0.05) is 26.5 Å². The zero-order valence-electron chi connectivity index (χ0n) is 8.21. The Hall–Kier alpha value is -0.720. The molecule has 0 aromatic carbocycles. The molecule has 0 radical (unpaired) electrons. The normalized spacial score (nSPS) is 35.6. The second kappa shape index (κ2) is 3.79. The molecule has 0 aliphatic heterocycles. The van der Waals surface area contributed by atoms with Gasteiger partial charge in [0.25, 0.3) is 0 Å². The van der Waals surface area contributed by atoms with Crippen molar-refractivity contribution in [3.63, 3.8) is 0 Å². The number of ether oxygens (including phenoxy) is 1. The standard InChI is InChI=1S/C11H18O/c1-5-12-11-9(3)7-6-8(2)10(11)4/h5,7-8,10-11H,1,6H2,2-4H3/t8-,10?,11?/m1/s1. The lowest BCUT2D eigenvalue weighted by atomic mass is 9.80. The molecular weight excluding hydrogens is 148 g/mol. The molecule has 1 aliphatic carbocycles. The minimum Gasteiger partial charge on any atom is -0.494 e. The Kier molecular flexibility index (Phi) is 2.96. The molecule has 1 nitrogen and oxygen atoms in total. The van der Waals surface area contributed by atoms with E-state index in [1.807, 2.05) is 0 Å². The van der Waals surface area contributed by atoms with Gasteiger partial charge in [-0.15, -0.1) is 0 Å². The van der Waals surface area contributed by atoms with Crippen LogP contribution in [0.1, 0.15) is 27.2 Å². The van der Waals surface area contributed by atoms with Gasteiger partial charge in [0.15, 0.2) is 0 Å². The molecule has 1 rings (SSSR count). The second-order valence-corrected chi connectivity index (χ2v) is 3.74. The lowest BCUT2D eigenvalue weighted by molar-refractivity contribution is 0.0898.